The van der Waals surface area contributed by atoms with Crippen molar-refractivity contribution in [2.75, 3.05) is 19.0 Å². The Bertz CT molecular complexity index is 658. The maximum absolute atomic E-state index is 12.7. The Kier molecular flexibility index (Phi) is 3.67. The van der Waals surface area contributed by atoms with E-state index in [0.29, 0.717) is 11.6 Å². The minimum Gasteiger partial charge on any atom is -0.451 e. The van der Waals surface area contributed by atoms with Crippen LogP contribution in [0.4, 0.5) is 18.9 Å². The standard InChI is InChI=1S/C14H13F3N2O2/c1-19(2)9-5-3-8(4-6-9)12-10(13(18)20)7-11(21-12)14(15,16)17/h3-7H,1-2H3,(H2,18,20). The number of hydrogen-bond donors (Lipinski definition) is 1. The number of hydrogen-bond acceptors (Lipinski definition) is 3. The van der Waals surface area contributed by atoms with Crippen LogP contribution in [0.5, 0.6) is 0 Å². The van der Waals surface area contributed by atoms with Gasteiger partial charge in [-0.1, -0.05) is 0 Å². The van der Waals surface area contributed by atoms with Gasteiger partial charge in [0.1, 0.15) is 5.76 Å². The van der Waals surface area contributed by atoms with E-state index in [9.17, 15) is 18.0 Å². The lowest BCUT2D eigenvalue weighted by atomic mass is 10.1. The second-order valence-electron chi connectivity index (χ2n) is 4.66. The molecule has 7 heteroatoms. The molecule has 4 nitrogen and oxygen atoms in total. The molecule has 0 atom stereocenters. The Morgan fingerprint density at radius 3 is 2.19 bits per heavy atom. The first kappa shape index (κ1) is 15.0. The summed E-state index contributed by atoms with van der Waals surface area (Å²) in [5.74, 6) is -2.40. The number of primary amides is 1. The number of furan rings is 1. The molecule has 0 aliphatic carbocycles. The zero-order valence-corrected chi connectivity index (χ0v) is 11.4. The molecule has 21 heavy (non-hydrogen) atoms. The van der Waals surface area contributed by atoms with E-state index in [2.05, 4.69) is 0 Å². The van der Waals surface area contributed by atoms with Crippen LogP contribution in [0.25, 0.3) is 11.3 Å². The monoisotopic (exact) mass is 298 g/mol. The lowest BCUT2D eigenvalue weighted by Crippen LogP contribution is -2.11. The molecule has 1 aromatic heterocycles. The third kappa shape index (κ3) is 3.01. The molecule has 0 saturated heterocycles. The average molecular weight is 298 g/mol. The van der Waals surface area contributed by atoms with Crippen LogP contribution in [0.3, 0.4) is 0 Å². The molecule has 0 aliphatic rings. The zero-order chi connectivity index (χ0) is 15.8. The highest BCUT2D eigenvalue weighted by molar-refractivity contribution is 5.98. The summed E-state index contributed by atoms with van der Waals surface area (Å²) in [6.45, 7) is 0. The van der Waals surface area contributed by atoms with Gasteiger partial charge in [-0.2, -0.15) is 13.2 Å². The Labute approximate surface area is 119 Å². The van der Waals surface area contributed by atoms with Crippen molar-refractivity contribution in [3.05, 3.63) is 41.7 Å². The normalized spacial score (nSPS) is 11.5. The van der Waals surface area contributed by atoms with E-state index in [1.165, 1.54) is 0 Å². The van der Waals surface area contributed by atoms with Crippen molar-refractivity contribution in [2.45, 2.75) is 6.18 Å². The molecule has 1 heterocycles. The van der Waals surface area contributed by atoms with Crippen LogP contribution in [-0.2, 0) is 6.18 Å². The summed E-state index contributed by atoms with van der Waals surface area (Å²) in [5.41, 5.74) is 6.04. The number of carbonyl (C=O) groups excluding carboxylic acids is 1. The number of amides is 1. The molecule has 2 rings (SSSR count). The third-order valence-corrected chi connectivity index (χ3v) is 2.92. The molecule has 0 radical (unpaired) electrons. The van der Waals surface area contributed by atoms with Crippen LogP contribution in [0.1, 0.15) is 16.1 Å². The van der Waals surface area contributed by atoms with Crippen LogP contribution < -0.4 is 10.6 Å². The molecule has 112 valence electrons. The average Bonchev–Trinajstić information content (AvgIpc) is 2.83. The lowest BCUT2D eigenvalue weighted by Gasteiger charge is -2.12. The van der Waals surface area contributed by atoms with E-state index in [0.717, 1.165) is 5.69 Å². The largest absolute Gasteiger partial charge is 0.451 e. The van der Waals surface area contributed by atoms with E-state index in [-0.39, 0.29) is 11.3 Å². The number of halogens is 3. The van der Waals surface area contributed by atoms with Crippen LogP contribution in [0.15, 0.2) is 34.7 Å². The van der Waals surface area contributed by atoms with E-state index >= 15 is 0 Å². The van der Waals surface area contributed by atoms with Gasteiger partial charge in [-0.3, -0.25) is 4.79 Å². The van der Waals surface area contributed by atoms with Crippen molar-refractivity contribution in [2.24, 2.45) is 5.73 Å². The molecule has 2 aromatic rings. The van der Waals surface area contributed by atoms with Gasteiger partial charge in [-0.25, -0.2) is 0 Å². The van der Waals surface area contributed by atoms with Crippen molar-refractivity contribution < 1.29 is 22.4 Å². The fraction of sp³-hybridized carbons (Fsp3) is 0.214. The second kappa shape index (κ2) is 5.16. The first-order valence-electron chi connectivity index (χ1n) is 5.98. The molecule has 0 spiro atoms. The summed E-state index contributed by atoms with van der Waals surface area (Å²) >= 11 is 0. The Morgan fingerprint density at radius 2 is 1.76 bits per heavy atom. The molecular weight excluding hydrogens is 285 g/mol. The molecule has 0 aliphatic heterocycles. The van der Waals surface area contributed by atoms with Gasteiger partial charge < -0.3 is 15.1 Å². The van der Waals surface area contributed by atoms with Crippen molar-refractivity contribution in [3.63, 3.8) is 0 Å². The molecule has 0 fully saturated rings. The maximum atomic E-state index is 12.7. The first-order valence-corrected chi connectivity index (χ1v) is 5.98. The molecule has 1 amide bonds. The van der Waals surface area contributed by atoms with Gasteiger partial charge in [0.25, 0.3) is 5.91 Å². The van der Waals surface area contributed by atoms with Crippen LogP contribution in [0, 0.1) is 0 Å². The molecule has 0 unspecified atom stereocenters. The van der Waals surface area contributed by atoms with Crippen molar-refractivity contribution >= 4 is 11.6 Å². The topological polar surface area (TPSA) is 59.5 Å². The number of nitrogens with zero attached hydrogens (tertiary/aromatic N) is 1. The second-order valence-corrected chi connectivity index (χ2v) is 4.66. The maximum Gasteiger partial charge on any atom is 0.449 e. The van der Waals surface area contributed by atoms with E-state index < -0.39 is 17.8 Å². The van der Waals surface area contributed by atoms with Gasteiger partial charge >= 0.3 is 6.18 Å². The Balaban J connectivity index is 2.52. The summed E-state index contributed by atoms with van der Waals surface area (Å²) in [7, 11) is 3.66. The summed E-state index contributed by atoms with van der Waals surface area (Å²) in [5, 5.41) is 0. The SMILES string of the molecule is CN(C)c1ccc(-c2oc(C(F)(F)F)cc2C(N)=O)cc1. The van der Waals surface area contributed by atoms with Gasteiger partial charge in [-0.15, -0.1) is 0 Å². The number of rotatable bonds is 3. The van der Waals surface area contributed by atoms with Gasteiger partial charge in [0, 0.05) is 31.4 Å². The Morgan fingerprint density at radius 1 is 1.19 bits per heavy atom. The fourth-order valence-corrected chi connectivity index (χ4v) is 1.84. The van der Waals surface area contributed by atoms with Gasteiger partial charge in [0.15, 0.2) is 0 Å². The highest BCUT2D eigenvalue weighted by atomic mass is 19.4. The van der Waals surface area contributed by atoms with Crippen molar-refractivity contribution in [1.82, 2.24) is 0 Å². The smallest absolute Gasteiger partial charge is 0.449 e. The zero-order valence-electron chi connectivity index (χ0n) is 11.4. The van der Waals surface area contributed by atoms with Crippen molar-refractivity contribution in [1.29, 1.82) is 0 Å². The third-order valence-electron chi connectivity index (χ3n) is 2.92. The lowest BCUT2D eigenvalue weighted by molar-refractivity contribution is -0.152. The number of alkyl halides is 3. The summed E-state index contributed by atoms with van der Waals surface area (Å²) < 4.78 is 42.8. The predicted octanol–water partition coefficient (Wildman–Crippen LogP) is 3.13. The molecule has 2 N–H and O–H groups in total. The summed E-state index contributed by atoms with van der Waals surface area (Å²) in [6, 6.07) is 7.17. The van der Waals surface area contributed by atoms with Gasteiger partial charge in [0.05, 0.1) is 5.56 Å². The summed E-state index contributed by atoms with van der Waals surface area (Å²) in [6.07, 6.45) is -4.67. The number of nitrogens with two attached hydrogens (primary N) is 1. The quantitative estimate of drug-likeness (QED) is 0.947. The van der Waals surface area contributed by atoms with Crippen LogP contribution in [0.2, 0.25) is 0 Å². The van der Waals surface area contributed by atoms with E-state index in [1.54, 1.807) is 24.3 Å². The first-order chi connectivity index (χ1) is 9.70. The molecule has 1 aromatic carbocycles. The van der Waals surface area contributed by atoms with Gasteiger partial charge in [0.2, 0.25) is 5.76 Å². The minimum atomic E-state index is -4.67. The minimum absolute atomic E-state index is 0.180. The van der Waals surface area contributed by atoms with Crippen molar-refractivity contribution in [3.8, 4) is 11.3 Å². The Hall–Kier alpha value is -2.44. The number of anilines is 1. The van der Waals surface area contributed by atoms with Crippen LogP contribution >= 0.6 is 0 Å². The molecule has 0 bridgehead atoms. The van der Waals surface area contributed by atoms with Gasteiger partial charge in [-0.05, 0) is 24.3 Å². The molecule has 0 saturated carbocycles. The number of benzene rings is 1. The number of carbonyl (C=O) groups is 1. The van der Waals surface area contributed by atoms with Crippen LogP contribution in [-0.4, -0.2) is 20.0 Å². The van der Waals surface area contributed by atoms with E-state index in [4.69, 9.17) is 10.2 Å². The predicted molar refractivity (Wildman–Crippen MR) is 72.0 cm³/mol. The summed E-state index contributed by atoms with van der Waals surface area (Å²) in [4.78, 5) is 13.1. The molecular formula is C14H13F3N2O2. The highest BCUT2D eigenvalue weighted by Gasteiger charge is 2.37. The fourth-order valence-electron chi connectivity index (χ4n) is 1.84. The van der Waals surface area contributed by atoms with E-state index in [1.807, 2.05) is 19.0 Å². The highest BCUT2D eigenvalue weighted by Crippen LogP contribution is 2.36.